The molecule has 1 aliphatic rings. The number of nitrogens with one attached hydrogen (secondary N) is 3. The standard InChI is InChI=1S/C11H16N4O3S/c16-11-8-15(14-13-11)9-19(17,18)12-7-6-10-4-2-1-3-5-10/h1-5,12,14H,6-9H2,(H,13,16). The molecule has 1 heterocycles. The lowest BCUT2D eigenvalue weighted by Gasteiger charge is -2.13. The molecular weight excluding hydrogens is 268 g/mol. The van der Waals surface area contributed by atoms with E-state index in [0.29, 0.717) is 13.0 Å². The number of hydrogen-bond acceptors (Lipinski definition) is 5. The first-order valence-corrected chi connectivity index (χ1v) is 7.51. The molecule has 0 unspecified atom stereocenters. The van der Waals surface area contributed by atoms with Gasteiger partial charge in [-0.2, -0.15) is 5.53 Å². The molecule has 19 heavy (non-hydrogen) atoms. The van der Waals surface area contributed by atoms with E-state index in [1.807, 2.05) is 30.3 Å². The zero-order chi connectivity index (χ0) is 13.7. The maximum absolute atomic E-state index is 11.8. The van der Waals surface area contributed by atoms with Gasteiger partial charge < -0.3 is 0 Å². The first kappa shape index (κ1) is 13.9. The van der Waals surface area contributed by atoms with Gasteiger partial charge in [-0.15, -0.1) is 0 Å². The minimum Gasteiger partial charge on any atom is -0.277 e. The highest BCUT2D eigenvalue weighted by Crippen LogP contribution is 1.99. The summed E-state index contributed by atoms with van der Waals surface area (Å²) in [5, 5.41) is 1.30. The molecule has 104 valence electrons. The molecule has 0 bridgehead atoms. The number of hydrazine groups is 2. The Bertz CT molecular complexity index is 532. The average Bonchev–Trinajstić information content (AvgIpc) is 2.75. The van der Waals surface area contributed by atoms with Gasteiger partial charge in [0.15, 0.2) is 0 Å². The van der Waals surface area contributed by atoms with Crippen LogP contribution in [-0.2, 0) is 21.2 Å². The Morgan fingerprint density at radius 1 is 1.26 bits per heavy atom. The summed E-state index contributed by atoms with van der Waals surface area (Å²) in [5.74, 6) is -0.514. The molecule has 0 aliphatic carbocycles. The summed E-state index contributed by atoms with van der Waals surface area (Å²) < 4.78 is 26.0. The Morgan fingerprint density at radius 2 is 2.00 bits per heavy atom. The molecule has 0 aromatic heterocycles. The largest absolute Gasteiger partial charge is 0.277 e. The number of carbonyl (C=O) groups is 1. The molecule has 1 aliphatic heterocycles. The summed E-state index contributed by atoms with van der Waals surface area (Å²) in [6, 6.07) is 9.62. The Hall–Kier alpha value is -1.48. The highest BCUT2D eigenvalue weighted by Gasteiger charge is 2.23. The lowest BCUT2D eigenvalue weighted by Crippen LogP contribution is -2.43. The zero-order valence-corrected chi connectivity index (χ0v) is 11.1. The van der Waals surface area contributed by atoms with Crippen LogP contribution in [0.1, 0.15) is 5.56 Å². The summed E-state index contributed by atoms with van der Waals surface area (Å²) in [6.45, 7) is 0.362. The van der Waals surface area contributed by atoms with Crippen molar-refractivity contribution in [2.75, 3.05) is 19.0 Å². The third kappa shape index (κ3) is 4.60. The summed E-state index contributed by atoms with van der Waals surface area (Å²) in [4.78, 5) is 10.9. The minimum absolute atomic E-state index is 0.0274. The van der Waals surface area contributed by atoms with Gasteiger partial charge >= 0.3 is 0 Å². The number of benzene rings is 1. The van der Waals surface area contributed by atoms with Gasteiger partial charge in [0.05, 0.1) is 6.54 Å². The van der Waals surface area contributed by atoms with E-state index >= 15 is 0 Å². The summed E-state index contributed by atoms with van der Waals surface area (Å²) >= 11 is 0. The second-order valence-corrected chi connectivity index (χ2v) is 6.01. The van der Waals surface area contributed by atoms with Gasteiger partial charge in [0, 0.05) is 6.54 Å². The van der Waals surface area contributed by atoms with Crippen LogP contribution in [0.3, 0.4) is 0 Å². The molecule has 1 fully saturated rings. The maximum Gasteiger partial charge on any atom is 0.250 e. The van der Waals surface area contributed by atoms with Gasteiger partial charge in [-0.3, -0.25) is 10.2 Å². The Kier molecular flexibility index (Phi) is 4.48. The van der Waals surface area contributed by atoms with Crippen molar-refractivity contribution in [3.63, 3.8) is 0 Å². The van der Waals surface area contributed by atoms with Crippen LogP contribution in [-0.4, -0.2) is 38.3 Å². The lowest BCUT2D eigenvalue weighted by atomic mass is 10.2. The fourth-order valence-corrected chi connectivity index (χ4v) is 2.79. The van der Waals surface area contributed by atoms with E-state index in [9.17, 15) is 13.2 Å². The summed E-state index contributed by atoms with van der Waals surface area (Å²) in [5.41, 5.74) is 5.87. The molecule has 8 heteroatoms. The van der Waals surface area contributed by atoms with Crippen LogP contribution in [0.15, 0.2) is 30.3 Å². The van der Waals surface area contributed by atoms with E-state index < -0.39 is 10.0 Å². The van der Waals surface area contributed by atoms with Crippen molar-refractivity contribution in [2.45, 2.75) is 6.42 Å². The highest BCUT2D eigenvalue weighted by atomic mass is 32.2. The van der Waals surface area contributed by atoms with Crippen LogP contribution in [0.4, 0.5) is 0 Å². The van der Waals surface area contributed by atoms with Crippen molar-refractivity contribution >= 4 is 15.9 Å². The van der Waals surface area contributed by atoms with Crippen molar-refractivity contribution in [2.24, 2.45) is 0 Å². The highest BCUT2D eigenvalue weighted by molar-refractivity contribution is 7.89. The fourth-order valence-electron chi connectivity index (χ4n) is 1.72. The van der Waals surface area contributed by atoms with Gasteiger partial charge in [-0.25, -0.2) is 18.1 Å². The number of carbonyl (C=O) groups excluding carboxylic acids is 1. The first-order chi connectivity index (χ1) is 9.05. The fraction of sp³-hybridized carbons (Fsp3) is 0.364. The number of amides is 1. The van der Waals surface area contributed by atoms with Crippen LogP contribution in [0, 0.1) is 0 Å². The second kappa shape index (κ2) is 6.11. The summed E-state index contributed by atoms with van der Waals surface area (Å²) in [7, 11) is -3.44. The van der Waals surface area contributed by atoms with Crippen molar-refractivity contribution in [1.82, 2.24) is 20.7 Å². The molecule has 1 saturated heterocycles. The van der Waals surface area contributed by atoms with E-state index in [2.05, 4.69) is 15.7 Å². The normalized spacial score (nSPS) is 16.5. The molecule has 2 rings (SSSR count). The van der Waals surface area contributed by atoms with E-state index in [-0.39, 0.29) is 18.3 Å². The van der Waals surface area contributed by atoms with E-state index in [1.54, 1.807) is 0 Å². The Morgan fingerprint density at radius 3 is 2.63 bits per heavy atom. The number of sulfonamides is 1. The molecule has 0 radical (unpaired) electrons. The van der Waals surface area contributed by atoms with Crippen LogP contribution < -0.4 is 15.7 Å². The van der Waals surface area contributed by atoms with Gasteiger partial charge in [-0.05, 0) is 12.0 Å². The molecule has 0 saturated carbocycles. The number of hydrogen-bond donors (Lipinski definition) is 3. The second-order valence-electron chi connectivity index (χ2n) is 4.23. The monoisotopic (exact) mass is 284 g/mol. The van der Waals surface area contributed by atoms with Gasteiger partial charge in [0.2, 0.25) is 10.0 Å². The first-order valence-electron chi connectivity index (χ1n) is 5.86. The van der Waals surface area contributed by atoms with Crippen molar-refractivity contribution in [3.05, 3.63) is 35.9 Å². The topological polar surface area (TPSA) is 90.5 Å². The number of nitrogens with zero attached hydrogens (tertiary/aromatic N) is 1. The minimum atomic E-state index is -3.44. The van der Waals surface area contributed by atoms with Crippen LogP contribution >= 0.6 is 0 Å². The third-order valence-electron chi connectivity index (χ3n) is 2.59. The van der Waals surface area contributed by atoms with Crippen LogP contribution in [0.25, 0.3) is 0 Å². The van der Waals surface area contributed by atoms with Crippen LogP contribution in [0.2, 0.25) is 0 Å². The molecule has 1 amide bonds. The SMILES string of the molecule is O=C1CN(CS(=O)(=O)NCCc2ccccc2)NN1. The van der Waals surface area contributed by atoms with E-state index in [4.69, 9.17) is 0 Å². The molecule has 7 nitrogen and oxygen atoms in total. The van der Waals surface area contributed by atoms with Crippen molar-refractivity contribution in [3.8, 4) is 0 Å². The molecule has 0 atom stereocenters. The molecule has 0 spiro atoms. The smallest absolute Gasteiger partial charge is 0.250 e. The van der Waals surface area contributed by atoms with Gasteiger partial charge in [0.1, 0.15) is 5.88 Å². The van der Waals surface area contributed by atoms with Crippen molar-refractivity contribution < 1.29 is 13.2 Å². The van der Waals surface area contributed by atoms with Crippen LogP contribution in [0.5, 0.6) is 0 Å². The molecule has 1 aromatic carbocycles. The Labute approximate surface area is 112 Å². The predicted molar refractivity (Wildman–Crippen MR) is 69.9 cm³/mol. The molecule has 1 aromatic rings. The molecular formula is C11H16N4O3S. The maximum atomic E-state index is 11.8. The summed E-state index contributed by atoms with van der Waals surface area (Å²) in [6.07, 6.45) is 0.630. The average molecular weight is 284 g/mol. The van der Waals surface area contributed by atoms with Gasteiger partial charge in [0.25, 0.3) is 5.91 Å². The Balaban J connectivity index is 1.76. The van der Waals surface area contributed by atoms with Gasteiger partial charge in [-0.1, -0.05) is 30.3 Å². The lowest BCUT2D eigenvalue weighted by molar-refractivity contribution is -0.118. The van der Waals surface area contributed by atoms with E-state index in [1.165, 1.54) is 5.01 Å². The molecule has 3 N–H and O–H groups in total. The van der Waals surface area contributed by atoms with Crippen molar-refractivity contribution in [1.29, 1.82) is 0 Å². The zero-order valence-electron chi connectivity index (χ0n) is 10.3. The predicted octanol–water partition coefficient (Wildman–Crippen LogP) is -1.04. The quantitative estimate of drug-likeness (QED) is 0.620. The van der Waals surface area contributed by atoms with E-state index in [0.717, 1.165) is 5.56 Å². The number of rotatable bonds is 6. The third-order valence-corrected chi connectivity index (χ3v) is 3.89.